The molecule has 1 fully saturated rings. The summed E-state index contributed by atoms with van der Waals surface area (Å²) < 4.78 is 7.90. The number of nitriles is 1. The highest BCUT2D eigenvalue weighted by Gasteiger charge is 2.33. The van der Waals surface area contributed by atoms with Gasteiger partial charge in [-0.3, -0.25) is 4.68 Å². The third kappa shape index (κ3) is 3.10. The van der Waals surface area contributed by atoms with Crippen molar-refractivity contribution >= 4 is 5.95 Å². The van der Waals surface area contributed by atoms with Crippen molar-refractivity contribution in [3.8, 4) is 6.07 Å². The number of hydrogen-bond donors (Lipinski definition) is 1. The summed E-state index contributed by atoms with van der Waals surface area (Å²) in [5.41, 5.74) is 4.50. The molecule has 0 radical (unpaired) electrons. The Kier molecular flexibility index (Phi) is 4.49. The van der Waals surface area contributed by atoms with E-state index < -0.39 is 0 Å². The molecule has 1 saturated heterocycles. The van der Waals surface area contributed by atoms with Crippen LogP contribution in [0.3, 0.4) is 0 Å². The van der Waals surface area contributed by atoms with Gasteiger partial charge in [-0.2, -0.15) is 10.4 Å². The van der Waals surface area contributed by atoms with Crippen LogP contribution >= 0.6 is 0 Å². The van der Waals surface area contributed by atoms with Crippen LogP contribution in [-0.4, -0.2) is 32.9 Å². The second-order valence-electron chi connectivity index (χ2n) is 6.26. The molecule has 1 aliphatic heterocycles. The van der Waals surface area contributed by atoms with Crippen LogP contribution in [-0.2, 0) is 11.8 Å². The van der Waals surface area contributed by atoms with Crippen molar-refractivity contribution in [1.29, 1.82) is 5.26 Å². The van der Waals surface area contributed by atoms with E-state index in [0.717, 1.165) is 30.1 Å². The van der Waals surface area contributed by atoms with Crippen molar-refractivity contribution < 1.29 is 4.74 Å². The minimum absolute atomic E-state index is 0.0337. The van der Waals surface area contributed by atoms with Gasteiger partial charge >= 0.3 is 0 Å². The van der Waals surface area contributed by atoms with E-state index in [1.54, 1.807) is 6.07 Å². The quantitative estimate of drug-likeness (QED) is 0.926. The Hall–Kier alpha value is -2.46. The normalized spacial score (nSPS) is 20.1. The highest BCUT2D eigenvalue weighted by molar-refractivity contribution is 5.34. The molecular formula is C17H22N6O. The molecule has 2 aromatic rings. The van der Waals surface area contributed by atoms with Crippen LogP contribution in [0.5, 0.6) is 0 Å². The molecule has 0 amide bonds. The standard InChI is InChI=1S/C17H22N6O/c1-10-7-14(8-18)21-17(20-10)19-9-13-5-6-24-16(13)15-11(2)22-23(4)12(15)3/h7,13,16H,5-6,9H2,1-4H3,(H,19,20,21)/t13-,16+/m1/s1. The Morgan fingerprint density at radius 3 is 2.83 bits per heavy atom. The molecule has 0 unspecified atom stereocenters. The van der Waals surface area contributed by atoms with Crippen LogP contribution in [0.2, 0.25) is 0 Å². The van der Waals surface area contributed by atoms with E-state index in [0.29, 0.717) is 24.1 Å². The maximum absolute atomic E-state index is 9.02. The van der Waals surface area contributed by atoms with Gasteiger partial charge in [0.05, 0.1) is 11.8 Å². The maximum Gasteiger partial charge on any atom is 0.224 e. The molecule has 0 aromatic carbocycles. The predicted molar refractivity (Wildman–Crippen MR) is 89.5 cm³/mol. The SMILES string of the molecule is Cc1cc(C#N)nc(NC[C@H]2CCO[C@@H]2c2c(C)nn(C)c2C)n1. The molecule has 3 rings (SSSR count). The number of aromatic nitrogens is 4. The number of nitrogens with zero attached hydrogens (tertiary/aromatic N) is 5. The first kappa shape index (κ1) is 16.4. The van der Waals surface area contributed by atoms with Gasteiger partial charge in [-0.15, -0.1) is 0 Å². The van der Waals surface area contributed by atoms with Crippen LogP contribution in [0.15, 0.2) is 6.07 Å². The lowest BCUT2D eigenvalue weighted by Crippen LogP contribution is -2.20. The van der Waals surface area contributed by atoms with Gasteiger partial charge in [0, 0.05) is 43.1 Å². The van der Waals surface area contributed by atoms with Gasteiger partial charge in [-0.05, 0) is 33.3 Å². The molecule has 7 heteroatoms. The van der Waals surface area contributed by atoms with Crippen molar-refractivity contribution in [3.05, 3.63) is 34.4 Å². The van der Waals surface area contributed by atoms with Crippen molar-refractivity contribution in [3.63, 3.8) is 0 Å². The molecule has 2 aromatic heterocycles. The third-order valence-electron chi connectivity index (χ3n) is 4.55. The molecule has 2 atom stereocenters. The number of rotatable bonds is 4. The number of nitrogens with one attached hydrogen (secondary N) is 1. The fourth-order valence-electron chi connectivity index (χ4n) is 3.29. The third-order valence-corrected chi connectivity index (χ3v) is 4.55. The zero-order chi connectivity index (χ0) is 17.3. The van der Waals surface area contributed by atoms with Crippen molar-refractivity contribution in [2.75, 3.05) is 18.5 Å². The van der Waals surface area contributed by atoms with Crippen LogP contribution < -0.4 is 5.32 Å². The summed E-state index contributed by atoms with van der Waals surface area (Å²) in [5, 5.41) is 16.8. The molecule has 0 bridgehead atoms. The van der Waals surface area contributed by atoms with Gasteiger partial charge in [-0.25, -0.2) is 9.97 Å². The molecule has 0 aliphatic carbocycles. The second-order valence-corrected chi connectivity index (χ2v) is 6.26. The topological polar surface area (TPSA) is 88.6 Å². The summed E-state index contributed by atoms with van der Waals surface area (Å²) >= 11 is 0. The van der Waals surface area contributed by atoms with Gasteiger partial charge in [-0.1, -0.05) is 0 Å². The fraction of sp³-hybridized carbons (Fsp3) is 0.529. The highest BCUT2D eigenvalue weighted by Crippen LogP contribution is 2.37. The predicted octanol–water partition coefficient (Wildman–Crippen LogP) is 2.20. The molecular weight excluding hydrogens is 304 g/mol. The summed E-state index contributed by atoms with van der Waals surface area (Å²) in [6.45, 7) is 7.40. The average Bonchev–Trinajstić information content (AvgIpc) is 3.09. The first-order valence-corrected chi connectivity index (χ1v) is 8.11. The molecule has 0 spiro atoms. The zero-order valence-electron chi connectivity index (χ0n) is 14.5. The minimum atomic E-state index is 0.0337. The van der Waals surface area contributed by atoms with Crippen molar-refractivity contribution in [2.24, 2.45) is 13.0 Å². The number of hydrogen-bond acceptors (Lipinski definition) is 6. The van der Waals surface area contributed by atoms with Gasteiger partial charge in [0.1, 0.15) is 11.8 Å². The molecule has 7 nitrogen and oxygen atoms in total. The summed E-state index contributed by atoms with van der Waals surface area (Å²) in [5.74, 6) is 0.818. The average molecular weight is 326 g/mol. The van der Waals surface area contributed by atoms with Crippen LogP contribution in [0.25, 0.3) is 0 Å². The maximum atomic E-state index is 9.02. The highest BCUT2D eigenvalue weighted by atomic mass is 16.5. The van der Waals surface area contributed by atoms with E-state index in [1.165, 1.54) is 5.56 Å². The number of ether oxygens (including phenoxy) is 1. The van der Waals surface area contributed by atoms with Crippen LogP contribution in [0, 0.1) is 38.0 Å². The van der Waals surface area contributed by atoms with E-state index in [4.69, 9.17) is 10.00 Å². The molecule has 24 heavy (non-hydrogen) atoms. The molecule has 126 valence electrons. The molecule has 1 N–H and O–H groups in total. The van der Waals surface area contributed by atoms with Gasteiger partial charge in [0.15, 0.2) is 0 Å². The van der Waals surface area contributed by atoms with Crippen LogP contribution in [0.4, 0.5) is 5.95 Å². The number of aryl methyl sites for hydroxylation is 3. The second kappa shape index (κ2) is 6.57. The smallest absolute Gasteiger partial charge is 0.224 e. The lowest BCUT2D eigenvalue weighted by Gasteiger charge is -2.20. The monoisotopic (exact) mass is 326 g/mol. The largest absolute Gasteiger partial charge is 0.373 e. The van der Waals surface area contributed by atoms with Gasteiger partial charge in [0.2, 0.25) is 5.95 Å². The number of anilines is 1. The summed E-state index contributed by atoms with van der Waals surface area (Å²) in [4.78, 5) is 8.56. The van der Waals surface area contributed by atoms with E-state index in [9.17, 15) is 0 Å². The van der Waals surface area contributed by atoms with E-state index in [1.807, 2.05) is 25.6 Å². The molecule has 1 aliphatic rings. The van der Waals surface area contributed by atoms with Gasteiger partial charge in [0.25, 0.3) is 0 Å². The first-order valence-electron chi connectivity index (χ1n) is 8.11. The summed E-state index contributed by atoms with van der Waals surface area (Å²) in [7, 11) is 1.96. The zero-order valence-corrected chi connectivity index (χ0v) is 14.5. The van der Waals surface area contributed by atoms with E-state index in [-0.39, 0.29) is 6.10 Å². The summed E-state index contributed by atoms with van der Waals surface area (Å²) in [6.07, 6.45) is 1.01. The fourth-order valence-corrected chi connectivity index (χ4v) is 3.29. The van der Waals surface area contributed by atoms with E-state index >= 15 is 0 Å². The van der Waals surface area contributed by atoms with Crippen LogP contribution in [0.1, 0.15) is 40.9 Å². The first-order chi connectivity index (χ1) is 11.5. The van der Waals surface area contributed by atoms with Crippen molar-refractivity contribution in [2.45, 2.75) is 33.3 Å². The Balaban J connectivity index is 1.75. The lowest BCUT2D eigenvalue weighted by atomic mass is 9.94. The van der Waals surface area contributed by atoms with Crippen molar-refractivity contribution in [1.82, 2.24) is 19.7 Å². The molecule has 3 heterocycles. The Morgan fingerprint density at radius 2 is 2.17 bits per heavy atom. The molecule has 0 saturated carbocycles. The minimum Gasteiger partial charge on any atom is -0.373 e. The summed E-state index contributed by atoms with van der Waals surface area (Å²) in [6, 6.07) is 3.74. The Bertz CT molecular complexity index is 791. The van der Waals surface area contributed by atoms with Gasteiger partial charge < -0.3 is 10.1 Å². The lowest BCUT2D eigenvalue weighted by molar-refractivity contribution is 0.0922. The Labute approximate surface area is 141 Å². The van der Waals surface area contributed by atoms with E-state index in [2.05, 4.69) is 33.4 Å². The Morgan fingerprint density at radius 1 is 1.38 bits per heavy atom.